The van der Waals surface area contributed by atoms with Crippen LogP contribution in [-0.2, 0) is 0 Å². The molecule has 96 valence electrons. The second-order valence-corrected chi connectivity index (χ2v) is 4.99. The van der Waals surface area contributed by atoms with E-state index in [4.69, 9.17) is 0 Å². The van der Waals surface area contributed by atoms with Crippen molar-refractivity contribution in [1.82, 2.24) is 5.32 Å². The number of nitrogens with one attached hydrogen (secondary N) is 1. The molecule has 0 aliphatic carbocycles. The van der Waals surface area contributed by atoms with Gasteiger partial charge in [0.1, 0.15) is 5.75 Å². The lowest BCUT2D eigenvalue weighted by molar-refractivity contribution is 0.419. The molecule has 0 saturated heterocycles. The maximum atomic E-state index is 9.91. The van der Waals surface area contributed by atoms with Gasteiger partial charge in [-0.2, -0.15) is 0 Å². The highest BCUT2D eigenvalue weighted by atomic mass is 16.3. The lowest BCUT2D eigenvalue weighted by Gasteiger charge is -2.21. The number of rotatable bonds is 6. The molecule has 0 aliphatic heterocycles. The maximum absolute atomic E-state index is 9.91. The Morgan fingerprint density at radius 2 is 2.00 bits per heavy atom. The van der Waals surface area contributed by atoms with Gasteiger partial charge < -0.3 is 10.4 Å². The van der Waals surface area contributed by atoms with Crippen LogP contribution in [0.1, 0.15) is 57.2 Å². The third-order valence-corrected chi connectivity index (χ3v) is 3.18. The summed E-state index contributed by atoms with van der Waals surface area (Å²) in [5.74, 6) is 0.396. The highest BCUT2D eigenvalue weighted by Gasteiger charge is 2.12. The predicted octanol–water partition coefficient (Wildman–Crippen LogP) is 3.93. The van der Waals surface area contributed by atoms with Gasteiger partial charge in [0.15, 0.2) is 0 Å². The van der Waals surface area contributed by atoms with E-state index in [1.54, 1.807) is 0 Å². The van der Waals surface area contributed by atoms with Crippen LogP contribution in [0.4, 0.5) is 0 Å². The van der Waals surface area contributed by atoms with Crippen molar-refractivity contribution < 1.29 is 5.11 Å². The zero-order chi connectivity index (χ0) is 12.8. The van der Waals surface area contributed by atoms with Crippen molar-refractivity contribution in [1.29, 1.82) is 0 Å². The molecule has 2 unspecified atom stereocenters. The minimum absolute atomic E-state index is 0.197. The van der Waals surface area contributed by atoms with Gasteiger partial charge in [0.05, 0.1) is 0 Å². The molecular formula is C15H25NO. The molecule has 0 fully saturated rings. The van der Waals surface area contributed by atoms with E-state index < -0.39 is 0 Å². The summed E-state index contributed by atoms with van der Waals surface area (Å²) < 4.78 is 0. The molecule has 1 aromatic carbocycles. The molecule has 0 bridgehead atoms. The van der Waals surface area contributed by atoms with Crippen LogP contribution in [-0.4, -0.2) is 11.1 Å². The number of benzene rings is 1. The molecule has 2 heteroatoms. The van der Waals surface area contributed by atoms with Gasteiger partial charge in [0, 0.05) is 17.6 Å². The summed E-state index contributed by atoms with van der Waals surface area (Å²) in [5.41, 5.74) is 2.08. The van der Waals surface area contributed by atoms with Crippen molar-refractivity contribution in [2.75, 3.05) is 0 Å². The first-order chi connectivity index (χ1) is 8.04. The first-order valence-corrected chi connectivity index (χ1v) is 6.60. The van der Waals surface area contributed by atoms with Crippen molar-refractivity contribution in [3.63, 3.8) is 0 Å². The second kappa shape index (κ2) is 6.65. The predicted molar refractivity (Wildman–Crippen MR) is 73.4 cm³/mol. The Hall–Kier alpha value is -1.02. The smallest absolute Gasteiger partial charge is 0.120 e. The summed E-state index contributed by atoms with van der Waals surface area (Å²) in [6.07, 6.45) is 3.67. The van der Waals surface area contributed by atoms with Crippen molar-refractivity contribution >= 4 is 0 Å². The van der Waals surface area contributed by atoms with Crippen molar-refractivity contribution in [3.05, 3.63) is 29.3 Å². The van der Waals surface area contributed by atoms with E-state index >= 15 is 0 Å². The molecule has 1 aromatic rings. The van der Waals surface area contributed by atoms with Crippen LogP contribution in [0.2, 0.25) is 0 Å². The Bertz CT molecular complexity index is 349. The minimum Gasteiger partial charge on any atom is -0.508 e. The molecule has 2 N–H and O–H groups in total. The molecule has 1 rings (SSSR count). The zero-order valence-corrected chi connectivity index (χ0v) is 11.5. The Labute approximate surface area is 105 Å². The van der Waals surface area contributed by atoms with Gasteiger partial charge in [-0.15, -0.1) is 0 Å². The highest BCUT2D eigenvalue weighted by molar-refractivity contribution is 5.37. The topological polar surface area (TPSA) is 32.3 Å². The second-order valence-electron chi connectivity index (χ2n) is 4.99. The molecular weight excluding hydrogens is 210 g/mol. The summed E-state index contributed by atoms with van der Waals surface area (Å²) in [5, 5.41) is 13.4. The molecule has 0 spiro atoms. The zero-order valence-electron chi connectivity index (χ0n) is 11.5. The summed E-state index contributed by atoms with van der Waals surface area (Å²) in [7, 11) is 0. The quantitative estimate of drug-likeness (QED) is 0.783. The molecule has 2 atom stereocenters. The fraction of sp³-hybridized carbons (Fsp3) is 0.600. The Morgan fingerprint density at radius 1 is 1.29 bits per heavy atom. The van der Waals surface area contributed by atoms with Crippen LogP contribution in [0.3, 0.4) is 0 Å². The standard InChI is InChI=1S/C15H25NO/c1-5-6-7-12(3)16-13(4)14-9-8-11(2)10-15(14)17/h8-10,12-13,16-17H,5-7H2,1-4H3. The number of phenols is 1. The first kappa shape index (κ1) is 14.0. The molecule has 0 amide bonds. The van der Waals surface area contributed by atoms with E-state index in [9.17, 15) is 5.11 Å². The summed E-state index contributed by atoms with van der Waals surface area (Å²) in [6, 6.07) is 6.57. The Balaban J connectivity index is 2.60. The van der Waals surface area contributed by atoms with Crippen LogP contribution < -0.4 is 5.32 Å². The molecule has 0 heterocycles. The fourth-order valence-corrected chi connectivity index (χ4v) is 2.13. The fourth-order valence-electron chi connectivity index (χ4n) is 2.13. The van der Waals surface area contributed by atoms with E-state index in [0.29, 0.717) is 11.8 Å². The maximum Gasteiger partial charge on any atom is 0.120 e. The van der Waals surface area contributed by atoms with Crippen molar-refractivity contribution in [3.8, 4) is 5.75 Å². The molecule has 2 nitrogen and oxygen atoms in total. The average Bonchev–Trinajstić information content (AvgIpc) is 2.26. The van der Waals surface area contributed by atoms with Gasteiger partial charge in [0.25, 0.3) is 0 Å². The molecule has 0 radical (unpaired) electrons. The minimum atomic E-state index is 0.197. The van der Waals surface area contributed by atoms with Crippen LogP contribution in [0.5, 0.6) is 5.75 Å². The number of aromatic hydroxyl groups is 1. The summed E-state index contributed by atoms with van der Waals surface area (Å²) in [4.78, 5) is 0. The van der Waals surface area contributed by atoms with Gasteiger partial charge >= 0.3 is 0 Å². The van der Waals surface area contributed by atoms with Crippen LogP contribution in [0.15, 0.2) is 18.2 Å². The largest absolute Gasteiger partial charge is 0.508 e. The first-order valence-electron chi connectivity index (χ1n) is 6.60. The average molecular weight is 235 g/mol. The number of phenolic OH excluding ortho intramolecular Hbond substituents is 1. The van der Waals surface area contributed by atoms with Gasteiger partial charge in [-0.3, -0.25) is 0 Å². The lowest BCUT2D eigenvalue weighted by Crippen LogP contribution is -2.28. The van der Waals surface area contributed by atoms with Crippen molar-refractivity contribution in [2.24, 2.45) is 0 Å². The van der Waals surface area contributed by atoms with Crippen LogP contribution in [0.25, 0.3) is 0 Å². The lowest BCUT2D eigenvalue weighted by atomic mass is 10.0. The van der Waals surface area contributed by atoms with Gasteiger partial charge in [0.2, 0.25) is 0 Å². The van der Waals surface area contributed by atoms with Crippen LogP contribution >= 0.6 is 0 Å². The van der Waals surface area contributed by atoms with E-state index in [-0.39, 0.29) is 6.04 Å². The molecule has 0 aromatic heterocycles. The number of hydrogen-bond donors (Lipinski definition) is 2. The molecule has 0 aliphatic rings. The third-order valence-electron chi connectivity index (χ3n) is 3.18. The Kier molecular flexibility index (Phi) is 5.49. The van der Waals surface area contributed by atoms with E-state index in [0.717, 1.165) is 11.1 Å². The van der Waals surface area contributed by atoms with Gasteiger partial charge in [-0.25, -0.2) is 0 Å². The number of aryl methyl sites for hydroxylation is 1. The highest BCUT2D eigenvalue weighted by Crippen LogP contribution is 2.25. The number of hydrogen-bond acceptors (Lipinski definition) is 2. The molecule has 17 heavy (non-hydrogen) atoms. The van der Waals surface area contributed by atoms with Gasteiger partial charge in [-0.1, -0.05) is 31.9 Å². The summed E-state index contributed by atoms with van der Waals surface area (Å²) in [6.45, 7) is 8.51. The Morgan fingerprint density at radius 3 is 2.59 bits per heavy atom. The third kappa shape index (κ3) is 4.39. The van der Waals surface area contributed by atoms with E-state index in [2.05, 4.69) is 26.1 Å². The van der Waals surface area contributed by atoms with Crippen molar-refractivity contribution in [2.45, 2.75) is 59.0 Å². The SMILES string of the molecule is CCCCC(C)NC(C)c1ccc(C)cc1O. The normalized spacial score (nSPS) is 14.6. The summed E-state index contributed by atoms with van der Waals surface area (Å²) >= 11 is 0. The molecule has 0 saturated carbocycles. The van der Waals surface area contributed by atoms with E-state index in [1.807, 2.05) is 25.1 Å². The monoisotopic (exact) mass is 235 g/mol. The number of unbranched alkanes of at least 4 members (excludes halogenated alkanes) is 1. The van der Waals surface area contributed by atoms with Crippen LogP contribution in [0, 0.1) is 6.92 Å². The van der Waals surface area contributed by atoms with Gasteiger partial charge in [-0.05, 0) is 38.8 Å². The van der Waals surface area contributed by atoms with E-state index in [1.165, 1.54) is 19.3 Å².